The summed E-state index contributed by atoms with van der Waals surface area (Å²) in [6.45, 7) is 6.81. The fraction of sp³-hybridized carbons (Fsp3) is 0.440. The van der Waals surface area contributed by atoms with Crippen LogP contribution in [-0.4, -0.2) is 40.2 Å². The Balaban J connectivity index is 1.43. The molecule has 0 spiro atoms. The molecule has 178 valence electrons. The van der Waals surface area contributed by atoms with Crippen LogP contribution in [0.3, 0.4) is 0 Å². The van der Waals surface area contributed by atoms with Crippen molar-refractivity contribution >= 4 is 18.1 Å². The van der Waals surface area contributed by atoms with Crippen molar-refractivity contribution in [2.45, 2.75) is 46.1 Å². The molecule has 1 aromatic heterocycles. The van der Waals surface area contributed by atoms with Gasteiger partial charge in [0.1, 0.15) is 11.6 Å². The highest BCUT2D eigenvalue weighted by Crippen LogP contribution is 2.33. The SMILES string of the molecule is CC(C)(C)C#Cc1nc(N2CCC(C(=O)N3N=CCC3c3cc(F)cc(F)c3)CC2)ncc1F. The van der Waals surface area contributed by atoms with E-state index < -0.39 is 23.5 Å². The van der Waals surface area contributed by atoms with Crippen LogP contribution in [0.4, 0.5) is 19.1 Å². The quantitative estimate of drug-likeness (QED) is 0.623. The summed E-state index contributed by atoms with van der Waals surface area (Å²) in [5.74, 6) is 3.72. The van der Waals surface area contributed by atoms with E-state index in [0.29, 0.717) is 43.9 Å². The molecule has 0 saturated carbocycles. The Morgan fingerprint density at radius 3 is 2.41 bits per heavy atom. The number of anilines is 1. The topological polar surface area (TPSA) is 61.7 Å². The van der Waals surface area contributed by atoms with E-state index in [1.807, 2.05) is 25.7 Å². The van der Waals surface area contributed by atoms with Crippen molar-refractivity contribution in [3.8, 4) is 11.8 Å². The van der Waals surface area contributed by atoms with Gasteiger partial charge in [0.25, 0.3) is 0 Å². The third kappa shape index (κ3) is 5.38. The zero-order valence-corrected chi connectivity index (χ0v) is 19.4. The number of nitrogens with zero attached hydrogens (tertiary/aromatic N) is 5. The van der Waals surface area contributed by atoms with Gasteiger partial charge in [0.2, 0.25) is 11.9 Å². The van der Waals surface area contributed by atoms with E-state index in [1.54, 1.807) is 6.21 Å². The summed E-state index contributed by atoms with van der Waals surface area (Å²) < 4.78 is 41.5. The van der Waals surface area contributed by atoms with Crippen LogP contribution in [0.1, 0.15) is 57.3 Å². The van der Waals surface area contributed by atoms with Crippen LogP contribution in [0.2, 0.25) is 0 Å². The maximum absolute atomic E-state index is 14.1. The second-order valence-electron chi connectivity index (χ2n) is 9.56. The van der Waals surface area contributed by atoms with E-state index in [0.717, 1.165) is 12.3 Å². The van der Waals surface area contributed by atoms with Gasteiger partial charge in [0.05, 0.1) is 12.2 Å². The molecule has 1 unspecified atom stereocenters. The lowest BCUT2D eigenvalue weighted by Crippen LogP contribution is -2.41. The highest BCUT2D eigenvalue weighted by Gasteiger charge is 2.35. The van der Waals surface area contributed by atoms with Gasteiger partial charge in [-0.25, -0.2) is 28.1 Å². The van der Waals surface area contributed by atoms with Crippen LogP contribution in [0.25, 0.3) is 0 Å². The van der Waals surface area contributed by atoms with E-state index in [9.17, 15) is 18.0 Å². The first-order valence-electron chi connectivity index (χ1n) is 11.2. The Hall–Kier alpha value is -3.41. The number of benzene rings is 1. The largest absolute Gasteiger partial charge is 0.341 e. The van der Waals surface area contributed by atoms with Crippen molar-refractivity contribution in [3.05, 3.63) is 53.1 Å². The van der Waals surface area contributed by atoms with Gasteiger partial charge in [-0.1, -0.05) is 5.92 Å². The van der Waals surface area contributed by atoms with E-state index in [2.05, 4.69) is 26.9 Å². The molecule has 4 rings (SSSR count). The predicted molar refractivity (Wildman–Crippen MR) is 122 cm³/mol. The van der Waals surface area contributed by atoms with Crippen LogP contribution in [0.15, 0.2) is 29.5 Å². The highest BCUT2D eigenvalue weighted by atomic mass is 19.1. The third-order valence-corrected chi connectivity index (χ3v) is 5.74. The molecule has 1 fully saturated rings. The summed E-state index contributed by atoms with van der Waals surface area (Å²) >= 11 is 0. The van der Waals surface area contributed by atoms with Crippen molar-refractivity contribution in [2.75, 3.05) is 18.0 Å². The molecule has 0 bridgehead atoms. The molecule has 3 heterocycles. The molecule has 9 heteroatoms. The number of hydrazone groups is 1. The second-order valence-corrected chi connectivity index (χ2v) is 9.56. The summed E-state index contributed by atoms with van der Waals surface area (Å²) in [6.07, 6.45) is 4.16. The molecular formula is C25H26F3N5O. The van der Waals surface area contributed by atoms with Gasteiger partial charge in [-0.2, -0.15) is 5.10 Å². The van der Waals surface area contributed by atoms with Crippen LogP contribution in [0, 0.1) is 40.6 Å². The van der Waals surface area contributed by atoms with Gasteiger partial charge < -0.3 is 4.90 Å². The van der Waals surface area contributed by atoms with E-state index >= 15 is 0 Å². The van der Waals surface area contributed by atoms with Gasteiger partial charge in [-0.05, 0) is 57.2 Å². The first-order chi connectivity index (χ1) is 16.1. The average Bonchev–Trinajstić information content (AvgIpc) is 3.27. The second kappa shape index (κ2) is 9.45. The van der Waals surface area contributed by atoms with E-state index in [1.165, 1.54) is 17.1 Å². The fourth-order valence-electron chi connectivity index (χ4n) is 4.03. The number of halogens is 3. The minimum absolute atomic E-state index is 0.0506. The van der Waals surface area contributed by atoms with Crippen LogP contribution in [0.5, 0.6) is 0 Å². The first kappa shape index (κ1) is 23.7. The highest BCUT2D eigenvalue weighted by molar-refractivity contribution is 5.82. The fourth-order valence-corrected chi connectivity index (χ4v) is 4.03. The normalized spacial score (nSPS) is 18.7. The number of rotatable bonds is 3. The Morgan fingerprint density at radius 1 is 1.09 bits per heavy atom. The molecule has 2 aromatic rings. The minimum Gasteiger partial charge on any atom is -0.341 e. The third-order valence-electron chi connectivity index (χ3n) is 5.74. The summed E-state index contributed by atoms with van der Waals surface area (Å²) in [5.41, 5.74) is 0.141. The Labute approximate surface area is 196 Å². The molecule has 2 aliphatic heterocycles. The molecule has 0 aliphatic carbocycles. The standard InChI is InChI=1S/C25H26F3N5O/c1-25(2,3)8-4-21-20(28)15-29-24(31-21)32-10-6-16(7-11-32)23(34)33-22(5-9-30-33)17-12-18(26)14-19(27)13-17/h9,12-16,22H,5-7,10-11H2,1-3H3. The summed E-state index contributed by atoms with van der Waals surface area (Å²) in [7, 11) is 0. The molecule has 1 atom stereocenters. The molecule has 1 amide bonds. The Bertz CT molecular complexity index is 1150. The lowest BCUT2D eigenvalue weighted by molar-refractivity contribution is -0.138. The molecule has 2 aliphatic rings. The molecule has 0 N–H and O–H groups in total. The minimum atomic E-state index is -0.687. The molecule has 6 nitrogen and oxygen atoms in total. The van der Waals surface area contributed by atoms with Crippen LogP contribution < -0.4 is 4.90 Å². The number of piperidine rings is 1. The van der Waals surface area contributed by atoms with Crippen molar-refractivity contribution in [3.63, 3.8) is 0 Å². The Morgan fingerprint density at radius 2 is 1.76 bits per heavy atom. The zero-order chi connectivity index (χ0) is 24.5. The number of carbonyl (C=O) groups excluding carboxylic acids is 1. The Kier molecular flexibility index (Phi) is 6.60. The van der Waals surface area contributed by atoms with Crippen LogP contribution >= 0.6 is 0 Å². The van der Waals surface area contributed by atoms with Crippen molar-refractivity contribution < 1.29 is 18.0 Å². The smallest absolute Gasteiger partial charge is 0.246 e. The summed E-state index contributed by atoms with van der Waals surface area (Å²) in [6, 6.07) is 2.74. The van der Waals surface area contributed by atoms with Crippen molar-refractivity contribution in [2.24, 2.45) is 16.4 Å². The number of carbonyl (C=O) groups is 1. The van der Waals surface area contributed by atoms with Crippen molar-refractivity contribution in [1.29, 1.82) is 0 Å². The maximum Gasteiger partial charge on any atom is 0.246 e. The monoisotopic (exact) mass is 469 g/mol. The first-order valence-corrected chi connectivity index (χ1v) is 11.2. The number of hydrogen-bond donors (Lipinski definition) is 0. The zero-order valence-electron chi connectivity index (χ0n) is 19.4. The number of amides is 1. The number of aromatic nitrogens is 2. The lowest BCUT2D eigenvalue weighted by Gasteiger charge is -2.33. The van der Waals surface area contributed by atoms with Crippen LogP contribution in [-0.2, 0) is 4.79 Å². The van der Waals surface area contributed by atoms with Gasteiger partial charge in [0, 0.05) is 43.1 Å². The lowest BCUT2D eigenvalue weighted by atomic mass is 9.94. The molecule has 0 radical (unpaired) electrons. The number of hydrogen-bond acceptors (Lipinski definition) is 5. The van der Waals surface area contributed by atoms with E-state index in [4.69, 9.17) is 0 Å². The van der Waals surface area contributed by atoms with Crippen molar-refractivity contribution in [1.82, 2.24) is 15.0 Å². The maximum atomic E-state index is 14.1. The van der Waals surface area contributed by atoms with Gasteiger partial charge in [-0.15, -0.1) is 0 Å². The summed E-state index contributed by atoms with van der Waals surface area (Å²) in [4.78, 5) is 23.5. The van der Waals surface area contributed by atoms with Gasteiger partial charge >= 0.3 is 0 Å². The van der Waals surface area contributed by atoms with E-state index in [-0.39, 0.29) is 22.9 Å². The van der Waals surface area contributed by atoms with Gasteiger partial charge in [-0.3, -0.25) is 4.79 Å². The molecule has 1 saturated heterocycles. The molecular weight excluding hydrogens is 443 g/mol. The average molecular weight is 470 g/mol. The predicted octanol–water partition coefficient (Wildman–Crippen LogP) is 4.47. The summed E-state index contributed by atoms with van der Waals surface area (Å²) in [5, 5.41) is 5.52. The van der Waals surface area contributed by atoms with Gasteiger partial charge in [0.15, 0.2) is 11.5 Å². The molecule has 1 aromatic carbocycles. The molecule has 34 heavy (non-hydrogen) atoms.